The highest BCUT2D eigenvalue weighted by Gasteiger charge is 2.14. The van der Waals surface area contributed by atoms with Crippen LogP contribution < -0.4 is 0 Å². The molecule has 1 N–H and O–H groups in total. The smallest absolute Gasteiger partial charge is 0.0544 e. The van der Waals surface area contributed by atoms with Gasteiger partial charge in [0, 0.05) is 21.9 Å². The van der Waals surface area contributed by atoms with E-state index in [0.717, 1.165) is 0 Å². The lowest BCUT2D eigenvalue weighted by atomic mass is 9.91. The van der Waals surface area contributed by atoms with Crippen molar-refractivity contribution in [3.63, 3.8) is 0 Å². The van der Waals surface area contributed by atoms with Gasteiger partial charge in [-0.1, -0.05) is 115 Å². The van der Waals surface area contributed by atoms with E-state index < -0.39 is 0 Å². The maximum absolute atomic E-state index is 3.75. The Morgan fingerprint density at radius 1 is 0.378 bits per heavy atom. The average Bonchev–Trinajstić information content (AvgIpc) is 3.36. The van der Waals surface area contributed by atoms with E-state index in [4.69, 9.17) is 0 Å². The first kappa shape index (κ1) is 20.3. The highest BCUT2D eigenvalue weighted by molar-refractivity contribution is 6.22. The lowest BCUT2D eigenvalue weighted by molar-refractivity contribution is 1.54. The summed E-state index contributed by atoms with van der Waals surface area (Å²) in [7, 11) is 0. The van der Waals surface area contributed by atoms with E-state index in [1.165, 1.54) is 76.4 Å². The summed E-state index contributed by atoms with van der Waals surface area (Å²) in [5.41, 5.74) is 7.32. The van der Waals surface area contributed by atoms with Crippen LogP contribution in [0.2, 0.25) is 0 Å². The third-order valence-electron chi connectivity index (χ3n) is 7.78. The van der Waals surface area contributed by atoms with Gasteiger partial charge in [0.05, 0.1) is 5.52 Å². The summed E-state index contributed by atoms with van der Waals surface area (Å²) in [6.07, 6.45) is 0. The molecule has 1 nitrogen and oxygen atoms in total. The summed E-state index contributed by atoms with van der Waals surface area (Å²) < 4.78 is 0. The number of rotatable bonds is 2. The van der Waals surface area contributed by atoms with Crippen LogP contribution in [0.3, 0.4) is 0 Å². The summed E-state index contributed by atoms with van der Waals surface area (Å²) in [6, 6.07) is 48.5. The Labute approximate surface area is 214 Å². The molecule has 37 heavy (non-hydrogen) atoms. The zero-order chi connectivity index (χ0) is 24.3. The van der Waals surface area contributed by atoms with Crippen molar-refractivity contribution in [1.29, 1.82) is 0 Å². The van der Waals surface area contributed by atoms with Crippen LogP contribution in [0, 0.1) is 0 Å². The van der Waals surface area contributed by atoms with Gasteiger partial charge in [-0.2, -0.15) is 0 Å². The minimum atomic E-state index is 1.18. The Hall–Kier alpha value is -4.88. The number of fused-ring (bicyclic) bond motifs is 8. The molecule has 172 valence electrons. The van der Waals surface area contributed by atoms with Crippen molar-refractivity contribution in [3.8, 4) is 22.3 Å². The molecule has 0 saturated carbocycles. The van der Waals surface area contributed by atoms with Gasteiger partial charge in [0.1, 0.15) is 0 Å². The van der Waals surface area contributed by atoms with E-state index in [2.05, 4.69) is 138 Å². The first-order valence-corrected chi connectivity index (χ1v) is 12.8. The SMILES string of the molecule is c1cc(-c2cc3ccccc3c3ccccc23)cc(-c2cccc3c2[nH]c2ccc4ccccc4c23)c1. The standard InChI is InChI=1S/C36H23N/c1-4-14-28-23(9-1)19-20-34-35(28)32-18-8-17-29(36(32)37-34)24-11-7-12-25(21-24)33-22-26-10-2-3-13-27(26)30-15-5-6-16-31(30)33/h1-22,37H. The molecule has 8 aromatic rings. The molecule has 0 aliphatic rings. The predicted octanol–water partition coefficient (Wildman–Crippen LogP) is 10.1. The number of para-hydroxylation sites is 1. The molecule has 0 bridgehead atoms. The van der Waals surface area contributed by atoms with Crippen molar-refractivity contribution in [2.24, 2.45) is 0 Å². The maximum Gasteiger partial charge on any atom is 0.0544 e. The van der Waals surface area contributed by atoms with Crippen molar-refractivity contribution >= 4 is 54.1 Å². The molecule has 1 aromatic heterocycles. The van der Waals surface area contributed by atoms with E-state index in [1.807, 2.05) is 0 Å². The van der Waals surface area contributed by atoms with Gasteiger partial charge >= 0.3 is 0 Å². The van der Waals surface area contributed by atoms with Gasteiger partial charge in [0.2, 0.25) is 0 Å². The highest BCUT2D eigenvalue weighted by Crippen LogP contribution is 2.39. The molecule has 0 amide bonds. The second kappa shape index (κ2) is 7.81. The molecular weight excluding hydrogens is 446 g/mol. The summed E-state index contributed by atoms with van der Waals surface area (Å²) >= 11 is 0. The highest BCUT2D eigenvalue weighted by atomic mass is 14.7. The van der Waals surface area contributed by atoms with E-state index in [0.29, 0.717) is 0 Å². The summed E-state index contributed by atoms with van der Waals surface area (Å²) in [6.45, 7) is 0. The summed E-state index contributed by atoms with van der Waals surface area (Å²) in [5, 5.41) is 10.3. The molecule has 0 spiro atoms. The number of hydrogen-bond acceptors (Lipinski definition) is 0. The number of H-pyrrole nitrogens is 1. The van der Waals surface area contributed by atoms with Crippen LogP contribution in [0.15, 0.2) is 133 Å². The molecular formula is C36H23N. The van der Waals surface area contributed by atoms with Gasteiger partial charge in [-0.15, -0.1) is 0 Å². The molecule has 8 rings (SSSR count). The average molecular weight is 470 g/mol. The van der Waals surface area contributed by atoms with Crippen molar-refractivity contribution in [3.05, 3.63) is 133 Å². The van der Waals surface area contributed by atoms with E-state index in [1.54, 1.807) is 0 Å². The molecule has 0 atom stereocenters. The molecule has 1 heterocycles. The Balaban J connectivity index is 1.38. The van der Waals surface area contributed by atoms with Crippen molar-refractivity contribution in [2.75, 3.05) is 0 Å². The summed E-state index contributed by atoms with van der Waals surface area (Å²) in [4.78, 5) is 3.75. The van der Waals surface area contributed by atoms with Crippen LogP contribution in [-0.2, 0) is 0 Å². The molecule has 0 saturated heterocycles. The summed E-state index contributed by atoms with van der Waals surface area (Å²) in [5.74, 6) is 0. The molecule has 7 aromatic carbocycles. The quantitative estimate of drug-likeness (QED) is 0.242. The number of hydrogen-bond donors (Lipinski definition) is 1. The minimum absolute atomic E-state index is 1.18. The fraction of sp³-hybridized carbons (Fsp3) is 0. The molecule has 0 fully saturated rings. The van der Waals surface area contributed by atoms with E-state index in [9.17, 15) is 0 Å². The molecule has 0 unspecified atom stereocenters. The fourth-order valence-electron chi connectivity index (χ4n) is 6.08. The first-order chi connectivity index (χ1) is 18.3. The Kier molecular flexibility index (Phi) is 4.29. The Morgan fingerprint density at radius 3 is 1.89 bits per heavy atom. The molecule has 1 heteroatoms. The largest absolute Gasteiger partial charge is 0.354 e. The van der Waals surface area contributed by atoms with Gasteiger partial charge in [0.15, 0.2) is 0 Å². The third kappa shape index (κ3) is 3.04. The Morgan fingerprint density at radius 2 is 1.03 bits per heavy atom. The second-order valence-electron chi connectivity index (χ2n) is 9.83. The van der Waals surface area contributed by atoms with Crippen molar-refractivity contribution in [2.45, 2.75) is 0 Å². The topological polar surface area (TPSA) is 15.8 Å². The molecule has 0 radical (unpaired) electrons. The lowest BCUT2D eigenvalue weighted by Crippen LogP contribution is -1.86. The van der Waals surface area contributed by atoms with Crippen LogP contribution in [0.1, 0.15) is 0 Å². The van der Waals surface area contributed by atoms with E-state index >= 15 is 0 Å². The van der Waals surface area contributed by atoms with Gasteiger partial charge in [0.25, 0.3) is 0 Å². The maximum atomic E-state index is 3.75. The Bertz CT molecular complexity index is 2140. The number of nitrogens with one attached hydrogen (secondary N) is 1. The van der Waals surface area contributed by atoms with Gasteiger partial charge in [-0.25, -0.2) is 0 Å². The van der Waals surface area contributed by atoms with E-state index in [-0.39, 0.29) is 0 Å². The first-order valence-electron chi connectivity index (χ1n) is 12.8. The predicted molar refractivity (Wildman–Crippen MR) is 159 cm³/mol. The van der Waals surface area contributed by atoms with Crippen LogP contribution in [-0.4, -0.2) is 4.98 Å². The van der Waals surface area contributed by atoms with Gasteiger partial charge in [-0.3, -0.25) is 0 Å². The normalized spacial score (nSPS) is 11.8. The third-order valence-corrected chi connectivity index (χ3v) is 7.78. The van der Waals surface area contributed by atoms with Crippen molar-refractivity contribution < 1.29 is 0 Å². The zero-order valence-corrected chi connectivity index (χ0v) is 20.2. The fourth-order valence-corrected chi connectivity index (χ4v) is 6.08. The lowest BCUT2D eigenvalue weighted by Gasteiger charge is -2.12. The van der Waals surface area contributed by atoms with Gasteiger partial charge < -0.3 is 4.98 Å². The van der Waals surface area contributed by atoms with Gasteiger partial charge in [-0.05, 0) is 67.2 Å². The second-order valence-corrected chi connectivity index (χ2v) is 9.83. The van der Waals surface area contributed by atoms with Crippen LogP contribution in [0.5, 0.6) is 0 Å². The number of aromatic nitrogens is 1. The molecule has 0 aliphatic heterocycles. The van der Waals surface area contributed by atoms with Crippen LogP contribution in [0.25, 0.3) is 76.4 Å². The minimum Gasteiger partial charge on any atom is -0.354 e. The zero-order valence-electron chi connectivity index (χ0n) is 20.2. The number of benzene rings is 7. The van der Waals surface area contributed by atoms with Crippen LogP contribution in [0.4, 0.5) is 0 Å². The monoisotopic (exact) mass is 469 g/mol. The number of aromatic amines is 1. The molecule has 0 aliphatic carbocycles. The van der Waals surface area contributed by atoms with Crippen LogP contribution >= 0.6 is 0 Å². The van der Waals surface area contributed by atoms with Crippen molar-refractivity contribution in [1.82, 2.24) is 4.98 Å².